The van der Waals surface area contributed by atoms with Crippen LogP contribution in [0.3, 0.4) is 0 Å². The molecule has 0 heterocycles. The Labute approximate surface area is 97.6 Å². The van der Waals surface area contributed by atoms with E-state index in [1.165, 1.54) is 5.56 Å². The fraction of sp³-hybridized carbons (Fsp3) is 0.538. The van der Waals surface area contributed by atoms with E-state index < -0.39 is 0 Å². The third-order valence-electron chi connectivity index (χ3n) is 2.77. The molecule has 0 aliphatic carbocycles. The van der Waals surface area contributed by atoms with Gasteiger partial charge in [-0.3, -0.25) is 0 Å². The molecule has 0 radical (unpaired) electrons. The Morgan fingerprint density at radius 2 is 1.94 bits per heavy atom. The Balaban J connectivity index is 3.10. The number of hydrogen-bond acceptors (Lipinski definition) is 3. The van der Waals surface area contributed by atoms with Crippen LogP contribution in [0.4, 0.5) is 0 Å². The minimum atomic E-state index is -0.101. The topological polar surface area (TPSA) is 44.5 Å². The molecule has 3 heteroatoms. The van der Waals surface area contributed by atoms with Crippen LogP contribution in [0.2, 0.25) is 0 Å². The molecule has 0 amide bonds. The average Bonchev–Trinajstić information content (AvgIpc) is 2.30. The SMILES string of the molecule is COc1cc(C(C)C)ccc1C(CN)OC. The van der Waals surface area contributed by atoms with E-state index in [4.69, 9.17) is 15.2 Å². The molecule has 1 aromatic carbocycles. The van der Waals surface area contributed by atoms with Gasteiger partial charge in [-0.25, -0.2) is 0 Å². The highest BCUT2D eigenvalue weighted by Crippen LogP contribution is 2.30. The molecule has 0 aromatic heterocycles. The minimum Gasteiger partial charge on any atom is -0.496 e. The average molecular weight is 223 g/mol. The standard InChI is InChI=1S/C13H21NO2/c1-9(2)10-5-6-11(12(7-10)15-3)13(8-14)16-4/h5-7,9,13H,8,14H2,1-4H3. The third-order valence-corrected chi connectivity index (χ3v) is 2.77. The van der Waals surface area contributed by atoms with Crippen LogP contribution in [0.15, 0.2) is 18.2 Å². The van der Waals surface area contributed by atoms with Crippen molar-refractivity contribution in [2.24, 2.45) is 5.73 Å². The maximum absolute atomic E-state index is 5.66. The molecule has 0 saturated carbocycles. The lowest BCUT2D eigenvalue weighted by molar-refractivity contribution is 0.108. The smallest absolute Gasteiger partial charge is 0.125 e. The zero-order chi connectivity index (χ0) is 12.1. The quantitative estimate of drug-likeness (QED) is 0.834. The molecule has 2 N–H and O–H groups in total. The molecule has 3 nitrogen and oxygen atoms in total. The molecule has 0 bridgehead atoms. The predicted molar refractivity (Wildman–Crippen MR) is 65.9 cm³/mol. The number of benzene rings is 1. The zero-order valence-electron chi connectivity index (χ0n) is 10.5. The van der Waals surface area contributed by atoms with Crippen molar-refractivity contribution in [2.75, 3.05) is 20.8 Å². The van der Waals surface area contributed by atoms with Gasteiger partial charge in [0, 0.05) is 19.2 Å². The van der Waals surface area contributed by atoms with Crippen LogP contribution in [0.25, 0.3) is 0 Å². The normalized spacial score (nSPS) is 12.9. The summed E-state index contributed by atoms with van der Waals surface area (Å²) in [6, 6.07) is 6.20. The fourth-order valence-electron chi connectivity index (χ4n) is 1.70. The summed E-state index contributed by atoms with van der Waals surface area (Å²) in [7, 11) is 3.33. The number of rotatable bonds is 5. The fourth-order valence-corrected chi connectivity index (χ4v) is 1.70. The molecule has 0 fully saturated rings. The van der Waals surface area contributed by atoms with Gasteiger partial charge < -0.3 is 15.2 Å². The van der Waals surface area contributed by atoms with Gasteiger partial charge in [0.25, 0.3) is 0 Å². The Morgan fingerprint density at radius 3 is 2.38 bits per heavy atom. The maximum Gasteiger partial charge on any atom is 0.125 e. The first-order valence-corrected chi connectivity index (χ1v) is 5.54. The number of methoxy groups -OCH3 is 2. The number of nitrogens with two attached hydrogens (primary N) is 1. The second-order valence-electron chi connectivity index (χ2n) is 4.12. The summed E-state index contributed by atoms with van der Waals surface area (Å²) >= 11 is 0. The highest BCUT2D eigenvalue weighted by atomic mass is 16.5. The van der Waals surface area contributed by atoms with Gasteiger partial charge >= 0.3 is 0 Å². The molecular weight excluding hydrogens is 202 g/mol. The van der Waals surface area contributed by atoms with E-state index in [9.17, 15) is 0 Å². The highest BCUT2D eigenvalue weighted by molar-refractivity contribution is 5.40. The van der Waals surface area contributed by atoms with E-state index in [0.717, 1.165) is 11.3 Å². The van der Waals surface area contributed by atoms with Crippen molar-refractivity contribution in [2.45, 2.75) is 25.9 Å². The van der Waals surface area contributed by atoms with Gasteiger partial charge in [0.05, 0.1) is 13.2 Å². The summed E-state index contributed by atoms with van der Waals surface area (Å²) in [6.45, 7) is 4.77. The molecule has 90 valence electrons. The summed E-state index contributed by atoms with van der Waals surface area (Å²) in [5, 5.41) is 0. The lowest BCUT2D eigenvalue weighted by Crippen LogP contribution is -2.15. The zero-order valence-corrected chi connectivity index (χ0v) is 10.5. The van der Waals surface area contributed by atoms with Crippen molar-refractivity contribution in [3.8, 4) is 5.75 Å². The molecule has 0 spiro atoms. The van der Waals surface area contributed by atoms with Crippen LogP contribution in [-0.4, -0.2) is 20.8 Å². The Hall–Kier alpha value is -1.06. The van der Waals surface area contributed by atoms with E-state index >= 15 is 0 Å². The van der Waals surface area contributed by atoms with Gasteiger partial charge in [-0.2, -0.15) is 0 Å². The van der Waals surface area contributed by atoms with Crippen molar-refractivity contribution < 1.29 is 9.47 Å². The molecule has 0 aliphatic rings. The van der Waals surface area contributed by atoms with Gasteiger partial charge in [0.2, 0.25) is 0 Å². The summed E-state index contributed by atoms with van der Waals surface area (Å²) in [6.07, 6.45) is -0.101. The Morgan fingerprint density at radius 1 is 1.25 bits per heavy atom. The monoisotopic (exact) mass is 223 g/mol. The van der Waals surface area contributed by atoms with Crippen LogP contribution in [-0.2, 0) is 4.74 Å². The number of hydrogen-bond donors (Lipinski definition) is 1. The predicted octanol–water partition coefficient (Wildman–Crippen LogP) is 2.46. The van der Waals surface area contributed by atoms with Crippen molar-refractivity contribution in [3.63, 3.8) is 0 Å². The van der Waals surface area contributed by atoms with E-state index in [-0.39, 0.29) is 6.10 Å². The van der Waals surface area contributed by atoms with E-state index in [1.54, 1.807) is 14.2 Å². The lowest BCUT2D eigenvalue weighted by atomic mass is 9.99. The van der Waals surface area contributed by atoms with Gasteiger partial charge in [-0.05, 0) is 17.5 Å². The van der Waals surface area contributed by atoms with Crippen LogP contribution < -0.4 is 10.5 Å². The van der Waals surface area contributed by atoms with Gasteiger partial charge in [0.1, 0.15) is 5.75 Å². The first kappa shape index (κ1) is 13.0. The van der Waals surface area contributed by atoms with Crippen molar-refractivity contribution in [3.05, 3.63) is 29.3 Å². The van der Waals surface area contributed by atoms with E-state index in [0.29, 0.717) is 12.5 Å². The largest absolute Gasteiger partial charge is 0.496 e. The van der Waals surface area contributed by atoms with Crippen molar-refractivity contribution in [1.29, 1.82) is 0 Å². The molecule has 1 atom stereocenters. The number of ether oxygens (including phenoxy) is 2. The molecule has 0 aliphatic heterocycles. The molecule has 1 unspecified atom stereocenters. The highest BCUT2D eigenvalue weighted by Gasteiger charge is 2.15. The third kappa shape index (κ3) is 2.74. The summed E-state index contributed by atoms with van der Waals surface area (Å²) in [5.41, 5.74) is 7.92. The first-order valence-electron chi connectivity index (χ1n) is 5.54. The molecule has 1 rings (SSSR count). The van der Waals surface area contributed by atoms with E-state index in [2.05, 4.69) is 26.0 Å². The lowest BCUT2D eigenvalue weighted by Gasteiger charge is -2.18. The van der Waals surface area contributed by atoms with Crippen LogP contribution in [0.5, 0.6) is 5.75 Å². The molecule has 1 aromatic rings. The summed E-state index contributed by atoms with van der Waals surface area (Å²) in [4.78, 5) is 0. The van der Waals surface area contributed by atoms with Gasteiger partial charge in [0.15, 0.2) is 0 Å². The second-order valence-corrected chi connectivity index (χ2v) is 4.12. The van der Waals surface area contributed by atoms with Gasteiger partial charge in [-0.1, -0.05) is 26.0 Å². The summed E-state index contributed by atoms with van der Waals surface area (Å²) in [5.74, 6) is 1.34. The second kappa shape index (κ2) is 5.87. The molecule has 16 heavy (non-hydrogen) atoms. The van der Waals surface area contributed by atoms with Crippen molar-refractivity contribution >= 4 is 0 Å². The van der Waals surface area contributed by atoms with Crippen molar-refractivity contribution in [1.82, 2.24) is 0 Å². The minimum absolute atomic E-state index is 0.101. The van der Waals surface area contributed by atoms with Gasteiger partial charge in [-0.15, -0.1) is 0 Å². The molecule has 0 saturated heterocycles. The first-order chi connectivity index (χ1) is 7.63. The van der Waals surface area contributed by atoms with Crippen LogP contribution in [0, 0.1) is 0 Å². The van der Waals surface area contributed by atoms with Crippen LogP contribution in [0.1, 0.15) is 37.0 Å². The van der Waals surface area contributed by atoms with Crippen LogP contribution >= 0.6 is 0 Å². The molecular formula is C13H21NO2. The maximum atomic E-state index is 5.66. The van der Waals surface area contributed by atoms with E-state index in [1.807, 2.05) is 6.07 Å². The Kier molecular flexibility index (Phi) is 4.77. The Bertz CT molecular complexity index is 333. The summed E-state index contributed by atoms with van der Waals surface area (Å²) < 4.78 is 10.7.